The minimum Gasteiger partial charge on any atom is -0.371 e. The fraction of sp³-hybridized carbons (Fsp3) is 0.435. The van der Waals surface area contributed by atoms with Crippen LogP contribution in [0.2, 0.25) is 0 Å². The molecule has 13 heteroatoms. The predicted octanol–water partition coefficient (Wildman–Crippen LogP) is 2.57. The molecule has 2 aromatic heterocycles. The monoisotopic (exact) mass is 504 g/mol. The van der Waals surface area contributed by atoms with Crippen LogP contribution < -0.4 is 10.6 Å². The molecule has 5 rings (SSSR count). The molecule has 1 aromatic carbocycles. The van der Waals surface area contributed by atoms with Crippen molar-refractivity contribution >= 4 is 22.6 Å². The number of fused-ring (bicyclic) bond motifs is 2. The third-order valence-electron chi connectivity index (χ3n) is 5.83. The van der Waals surface area contributed by atoms with Gasteiger partial charge < -0.3 is 24.8 Å². The Morgan fingerprint density at radius 2 is 1.89 bits per heavy atom. The van der Waals surface area contributed by atoms with Crippen LogP contribution in [0.3, 0.4) is 0 Å². The summed E-state index contributed by atoms with van der Waals surface area (Å²) in [6.45, 7) is 3.62. The van der Waals surface area contributed by atoms with Crippen molar-refractivity contribution in [1.29, 1.82) is 0 Å². The molecule has 10 nitrogen and oxygen atoms in total. The standard InChI is InChI=1S/C23H23F3N6O4/c1-22(2)35-18-14(30-17-10-27-9-16(32-17)23(24,25)26)11-34-15(19(18)36-22)8-29-21(33)20-28-7-12-5-3-4-6-13(12)31-20/h3-7,9-10,14-15,18-19H,8,11H2,1-2H3,(H,29,33)(H,30,32)/t14-,15+,18+,19-/m0/s1. The van der Waals surface area contributed by atoms with Crippen molar-refractivity contribution in [2.75, 3.05) is 18.5 Å². The van der Waals surface area contributed by atoms with Crippen molar-refractivity contribution in [3.05, 3.63) is 54.4 Å². The molecule has 36 heavy (non-hydrogen) atoms. The van der Waals surface area contributed by atoms with Gasteiger partial charge in [-0.1, -0.05) is 18.2 Å². The molecule has 2 saturated heterocycles. The first-order valence-corrected chi connectivity index (χ1v) is 11.2. The highest BCUT2D eigenvalue weighted by molar-refractivity contribution is 5.92. The first-order valence-electron chi connectivity index (χ1n) is 11.2. The van der Waals surface area contributed by atoms with Crippen molar-refractivity contribution in [1.82, 2.24) is 25.3 Å². The maximum atomic E-state index is 13.0. The van der Waals surface area contributed by atoms with Crippen LogP contribution >= 0.6 is 0 Å². The summed E-state index contributed by atoms with van der Waals surface area (Å²) in [5, 5.41) is 6.50. The summed E-state index contributed by atoms with van der Waals surface area (Å²) in [5.74, 6) is -1.48. The zero-order valence-electron chi connectivity index (χ0n) is 19.3. The smallest absolute Gasteiger partial charge is 0.371 e. The highest BCUT2D eigenvalue weighted by atomic mass is 19.4. The van der Waals surface area contributed by atoms with Gasteiger partial charge in [-0.2, -0.15) is 13.2 Å². The van der Waals surface area contributed by atoms with Crippen LogP contribution in [0.5, 0.6) is 0 Å². The lowest BCUT2D eigenvalue weighted by atomic mass is 9.98. The van der Waals surface area contributed by atoms with Gasteiger partial charge in [0, 0.05) is 18.1 Å². The largest absolute Gasteiger partial charge is 0.434 e. The number of hydrogen-bond donors (Lipinski definition) is 2. The Morgan fingerprint density at radius 3 is 2.69 bits per heavy atom. The predicted molar refractivity (Wildman–Crippen MR) is 120 cm³/mol. The van der Waals surface area contributed by atoms with Gasteiger partial charge in [-0.25, -0.2) is 15.0 Å². The molecule has 2 N–H and O–H groups in total. The van der Waals surface area contributed by atoms with E-state index in [1.807, 2.05) is 18.2 Å². The average molecular weight is 504 g/mol. The Bertz CT molecular complexity index is 1270. The lowest BCUT2D eigenvalue weighted by Crippen LogP contribution is -2.57. The summed E-state index contributed by atoms with van der Waals surface area (Å²) in [6.07, 6.45) is -2.96. The van der Waals surface area contributed by atoms with Gasteiger partial charge in [-0.15, -0.1) is 0 Å². The van der Waals surface area contributed by atoms with Gasteiger partial charge in [-0.05, 0) is 19.9 Å². The van der Waals surface area contributed by atoms with E-state index in [0.717, 1.165) is 5.39 Å². The van der Waals surface area contributed by atoms with E-state index in [9.17, 15) is 18.0 Å². The number of ether oxygens (including phenoxy) is 3. The molecule has 0 spiro atoms. The van der Waals surface area contributed by atoms with Gasteiger partial charge in [0.15, 0.2) is 11.5 Å². The van der Waals surface area contributed by atoms with Crippen LogP contribution in [0.25, 0.3) is 10.9 Å². The summed E-state index contributed by atoms with van der Waals surface area (Å²) in [6, 6.07) is 6.75. The molecule has 2 aliphatic rings. The van der Waals surface area contributed by atoms with Crippen molar-refractivity contribution in [2.24, 2.45) is 0 Å². The van der Waals surface area contributed by atoms with E-state index in [1.54, 1.807) is 26.1 Å². The third kappa shape index (κ3) is 5.08. The van der Waals surface area contributed by atoms with Crippen LogP contribution in [0.1, 0.15) is 30.2 Å². The first-order chi connectivity index (χ1) is 17.1. The van der Waals surface area contributed by atoms with Crippen molar-refractivity contribution in [3.8, 4) is 0 Å². The van der Waals surface area contributed by atoms with E-state index in [4.69, 9.17) is 14.2 Å². The van der Waals surface area contributed by atoms with Crippen LogP contribution in [0, 0.1) is 0 Å². The van der Waals surface area contributed by atoms with Crippen LogP contribution in [0.4, 0.5) is 19.0 Å². The Hall–Kier alpha value is -3.42. The van der Waals surface area contributed by atoms with Crippen LogP contribution in [-0.2, 0) is 20.4 Å². The number of para-hydroxylation sites is 1. The first kappa shape index (κ1) is 24.3. The minimum atomic E-state index is -4.62. The molecular formula is C23H23F3N6O4. The van der Waals surface area contributed by atoms with Crippen molar-refractivity contribution < 1.29 is 32.2 Å². The number of nitrogens with one attached hydrogen (secondary N) is 2. The molecule has 0 aliphatic carbocycles. The Kier molecular flexibility index (Phi) is 6.22. The van der Waals surface area contributed by atoms with E-state index in [-0.39, 0.29) is 24.8 Å². The van der Waals surface area contributed by atoms with Crippen LogP contribution in [0.15, 0.2) is 42.9 Å². The molecule has 0 radical (unpaired) electrons. The molecule has 2 fully saturated rings. The molecule has 0 unspecified atom stereocenters. The molecule has 4 atom stereocenters. The summed E-state index contributed by atoms with van der Waals surface area (Å²) < 4.78 is 57.0. The van der Waals surface area contributed by atoms with Gasteiger partial charge in [0.05, 0.1) is 30.6 Å². The highest BCUT2D eigenvalue weighted by Gasteiger charge is 2.52. The SMILES string of the molecule is CC1(C)O[C@@H]2[C@H](O1)[C@@H](Nc1cncc(C(F)(F)F)n1)CO[C@@H]2CNC(=O)c1ncc2ccccc2n1. The second-order valence-corrected chi connectivity index (χ2v) is 8.94. The molecule has 4 heterocycles. The number of carbonyl (C=O) groups is 1. The van der Waals surface area contributed by atoms with Gasteiger partial charge >= 0.3 is 6.18 Å². The maximum absolute atomic E-state index is 13.0. The number of amides is 1. The summed E-state index contributed by atoms with van der Waals surface area (Å²) >= 11 is 0. The Labute approximate surface area is 203 Å². The molecule has 1 amide bonds. The maximum Gasteiger partial charge on any atom is 0.434 e. The Morgan fingerprint density at radius 1 is 1.11 bits per heavy atom. The number of alkyl halides is 3. The summed E-state index contributed by atoms with van der Waals surface area (Å²) in [4.78, 5) is 28.3. The van der Waals surface area contributed by atoms with E-state index in [1.165, 1.54) is 6.20 Å². The molecular weight excluding hydrogens is 481 g/mol. The normalized spacial score (nSPS) is 25.4. The lowest BCUT2D eigenvalue weighted by molar-refractivity contribution is -0.153. The molecule has 190 valence electrons. The number of aromatic nitrogens is 4. The lowest BCUT2D eigenvalue weighted by Gasteiger charge is -2.37. The van der Waals surface area contributed by atoms with Gasteiger partial charge in [0.1, 0.15) is 24.1 Å². The second kappa shape index (κ2) is 9.22. The van der Waals surface area contributed by atoms with Gasteiger partial charge in [-0.3, -0.25) is 9.78 Å². The summed E-state index contributed by atoms with van der Waals surface area (Å²) in [7, 11) is 0. The number of hydrogen-bond acceptors (Lipinski definition) is 9. The number of rotatable bonds is 5. The molecule has 2 aliphatic heterocycles. The fourth-order valence-corrected chi connectivity index (χ4v) is 4.25. The number of anilines is 1. The number of benzene rings is 1. The summed E-state index contributed by atoms with van der Waals surface area (Å²) in [5.41, 5.74) is -0.464. The van der Waals surface area contributed by atoms with Crippen LogP contribution in [-0.4, -0.2) is 69.1 Å². The van der Waals surface area contributed by atoms with E-state index in [0.29, 0.717) is 11.7 Å². The van der Waals surface area contributed by atoms with Crippen molar-refractivity contribution in [3.63, 3.8) is 0 Å². The fourth-order valence-electron chi connectivity index (χ4n) is 4.25. The molecule has 3 aromatic rings. The molecule has 0 saturated carbocycles. The number of halogens is 3. The van der Waals surface area contributed by atoms with E-state index >= 15 is 0 Å². The number of nitrogens with zero attached hydrogens (tertiary/aromatic N) is 4. The van der Waals surface area contributed by atoms with E-state index < -0.39 is 47.9 Å². The van der Waals surface area contributed by atoms with E-state index in [2.05, 4.69) is 30.6 Å². The third-order valence-corrected chi connectivity index (χ3v) is 5.83. The van der Waals surface area contributed by atoms with Gasteiger partial charge in [0.2, 0.25) is 5.82 Å². The topological polar surface area (TPSA) is 120 Å². The highest BCUT2D eigenvalue weighted by Crippen LogP contribution is 2.36. The quantitative estimate of drug-likeness (QED) is 0.540. The Balaban J connectivity index is 1.27. The molecule has 0 bridgehead atoms. The van der Waals surface area contributed by atoms with Gasteiger partial charge in [0.25, 0.3) is 5.91 Å². The van der Waals surface area contributed by atoms with Crippen molar-refractivity contribution in [2.45, 2.75) is 50.2 Å². The zero-order chi connectivity index (χ0) is 25.5. The minimum absolute atomic E-state index is 0.0210. The zero-order valence-corrected chi connectivity index (χ0v) is 19.3. The average Bonchev–Trinajstić information content (AvgIpc) is 3.18. The number of carbonyl (C=O) groups excluding carboxylic acids is 1. The second-order valence-electron chi connectivity index (χ2n) is 8.94.